The van der Waals surface area contributed by atoms with E-state index in [1.165, 1.54) is 0 Å². The molecule has 0 spiro atoms. The van der Waals surface area contributed by atoms with Crippen molar-refractivity contribution in [2.24, 2.45) is 11.8 Å². The molecule has 18 heavy (non-hydrogen) atoms. The molecule has 108 valence electrons. The Kier molecular flexibility index (Phi) is 7.67. The predicted molar refractivity (Wildman–Crippen MR) is 85.7 cm³/mol. The first-order valence-electron chi connectivity index (χ1n) is 7.02. The molecule has 0 radical (unpaired) electrons. The van der Waals surface area contributed by atoms with E-state index in [9.17, 15) is 0 Å². The smallest absolute Gasteiger partial charge is 0.213 e. The summed E-state index contributed by atoms with van der Waals surface area (Å²) >= 11 is 0. The van der Waals surface area contributed by atoms with Crippen LogP contribution >= 0.6 is 0 Å². The molecule has 1 atom stereocenters. The van der Waals surface area contributed by atoms with Gasteiger partial charge in [-0.25, -0.2) is 0 Å². The van der Waals surface area contributed by atoms with E-state index in [1.807, 2.05) is 0 Å². The lowest BCUT2D eigenvalue weighted by molar-refractivity contribution is 0.252. The molecule has 0 aliphatic carbocycles. The van der Waals surface area contributed by atoms with Crippen LogP contribution in [0.3, 0.4) is 0 Å². The van der Waals surface area contributed by atoms with Gasteiger partial charge in [0.2, 0.25) is 8.32 Å². The molecule has 0 heterocycles. The summed E-state index contributed by atoms with van der Waals surface area (Å²) in [4.78, 5) is 0. The molecule has 0 aromatic heterocycles. The van der Waals surface area contributed by atoms with E-state index in [1.54, 1.807) is 0 Å². The van der Waals surface area contributed by atoms with Crippen molar-refractivity contribution in [2.45, 2.75) is 53.0 Å². The topological polar surface area (TPSA) is 18.5 Å². The highest BCUT2D eigenvalue weighted by Crippen LogP contribution is 2.24. The van der Waals surface area contributed by atoms with E-state index < -0.39 is 16.6 Å². The summed E-state index contributed by atoms with van der Waals surface area (Å²) in [6.45, 7) is 21.3. The third-order valence-corrected chi connectivity index (χ3v) is 11.6. The summed E-state index contributed by atoms with van der Waals surface area (Å²) in [5.41, 5.74) is 3.17. The van der Waals surface area contributed by atoms with Crippen LogP contribution < -0.4 is 0 Å². The second-order valence-electron chi connectivity index (χ2n) is 6.86. The molecule has 0 aromatic rings. The fourth-order valence-corrected chi connectivity index (χ4v) is 11.6. The highest BCUT2D eigenvalue weighted by molar-refractivity contribution is 6.92. The SMILES string of the molecule is C=C[Si](C)(C[Si](C)(C)OCC(C)C)OCC(C)C. The second-order valence-corrected chi connectivity index (χ2v) is 15.4. The largest absolute Gasteiger partial charge is 0.417 e. The van der Waals surface area contributed by atoms with Crippen LogP contribution in [0.5, 0.6) is 0 Å². The zero-order valence-corrected chi connectivity index (χ0v) is 15.4. The third kappa shape index (κ3) is 8.24. The maximum atomic E-state index is 6.16. The Morgan fingerprint density at radius 1 is 0.944 bits per heavy atom. The minimum Gasteiger partial charge on any atom is -0.417 e. The summed E-state index contributed by atoms with van der Waals surface area (Å²) in [5, 5.41) is 0. The van der Waals surface area contributed by atoms with Crippen molar-refractivity contribution >= 4 is 16.6 Å². The minimum atomic E-state index is -1.79. The fourth-order valence-electron chi connectivity index (χ4n) is 1.83. The Labute approximate surface area is 116 Å². The van der Waals surface area contributed by atoms with Crippen molar-refractivity contribution in [3.8, 4) is 0 Å². The van der Waals surface area contributed by atoms with Crippen molar-refractivity contribution in [1.29, 1.82) is 0 Å². The Bertz CT molecular complexity index is 252. The summed E-state index contributed by atoms with van der Waals surface area (Å²) in [6, 6.07) is 0. The van der Waals surface area contributed by atoms with Gasteiger partial charge in [0.1, 0.15) is 0 Å². The predicted octanol–water partition coefficient (Wildman–Crippen LogP) is 4.38. The molecule has 0 bridgehead atoms. The number of rotatable bonds is 9. The van der Waals surface area contributed by atoms with Gasteiger partial charge in [0.15, 0.2) is 8.32 Å². The van der Waals surface area contributed by atoms with Crippen LogP contribution in [-0.2, 0) is 8.85 Å². The first-order chi connectivity index (χ1) is 8.10. The molecule has 1 unspecified atom stereocenters. The molecule has 0 saturated carbocycles. The van der Waals surface area contributed by atoms with Crippen LogP contribution in [-0.4, -0.2) is 29.8 Å². The molecular weight excluding hydrogens is 256 g/mol. The van der Waals surface area contributed by atoms with E-state index in [-0.39, 0.29) is 0 Å². The van der Waals surface area contributed by atoms with Crippen LogP contribution in [0.25, 0.3) is 0 Å². The van der Waals surface area contributed by atoms with Gasteiger partial charge < -0.3 is 8.85 Å². The summed E-state index contributed by atoms with van der Waals surface area (Å²) in [6.07, 6.45) is 0. The van der Waals surface area contributed by atoms with Crippen molar-refractivity contribution in [3.05, 3.63) is 12.3 Å². The Balaban J connectivity index is 4.43. The summed E-state index contributed by atoms with van der Waals surface area (Å²) in [7, 11) is -3.42. The highest BCUT2D eigenvalue weighted by Gasteiger charge is 2.36. The van der Waals surface area contributed by atoms with E-state index >= 15 is 0 Å². The van der Waals surface area contributed by atoms with Gasteiger partial charge in [0.25, 0.3) is 0 Å². The maximum Gasteiger partial charge on any atom is 0.213 e. The molecule has 0 aliphatic rings. The lowest BCUT2D eigenvalue weighted by atomic mass is 10.2. The zero-order chi connectivity index (χ0) is 14.4. The van der Waals surface area contributed by atoms with E-state index in [4.69, 9.17) is 8.85 Å². The van der Waals surface area contributed by atoms with Gasteiger partial charge in [-0.15, -0.1) is 6.58 Å². The van der Waals surface area contributed by atoms with Crippen molar-refractivity contribution in [3.63, 3.8) is 0 Å². The second kappa shape index (κ2) is 7.63. The average molecular weight is 289 g/mol. The molecule has 0 aliphatic heterocycles. The Morgan fingerprint density at radius 3 is 1.78 bits per heavy atom. The van der Waals surface area contributed by atoms with Gasteiger partial charge in [-0.2, -0.15) is 0 Å². The molecular formula is C14H32O2Si2. The van der Waals surface area contributed by atoms with Crippen molar-refractivity contribution < 1.29 is 8.85 Å². The van der Waals surface area contributed by atoms with Crippen molar-refractivity contribution in [2.75, 3.05) is 13.2 Å². The molecule has 0 amide bonds. The number of hydrogen-bond donors (Lipinski definition) is 0. The molecule has 0 saturated heterocycles. The first kappa shape index (κ1) is 18.1. The summed E-state index contributed by atoms with van der Waals surface area (Å²) in [5.74, 6) is 1.18. The Morgan fingerprint density at radius 2 is 1.39 bits per heavy atom. The molecule has 0 fully saturated rings. The Hall–Kier alpha value is 0.0938. The van der Waals surface area contributed by atoms with Crippen LogP contribution in [0, 0.1) is 11.8 Å². The fraction of sp³-hybridized carbons (Fsp3) is 0.857. The normalized spacial score (nSPS) is 16.1. The quantitative estimate of drug-likeness (QED) is 0.586. The van der Waals surface area contributed by atoms with Crippen LogP contribution in [0.2, 0.25) is 25.3 Å². The lowest BCUT2D eigenvalue weighted by Gasteiger charge is -2.33. The van der Waals surface area contributed by atoms with Gasteiger partial charge in [0.05, 0.1) is 0 Å². The molecule has 0 rings (SSSR count). The summed E-state index contributed by atoms with van der Waals surface area (Å²) < 4.78 is 12.3. The van der Waals surface area contributed by atoms with Gasteiger partial charge in [-0.05, 0) is 37.1 Å². The van der Waals surface area contributed by atoms with E-state index in [0.717, 1.165) is 18.9 Å². The van der Waals surface area contributed by atoms with Crippen molar-refractivity contribution in [1.82, 2.24) is 0 Å². The van der Waals surface area contributed by atoms with E-state index in [2.05, 4.69) is 59.6 Å². The van der Waals surface area contributed by atoms with Crippen LogP contribution in [0.15, 0.2) is 12.3 Å². The molecule has 2 nitrogen and oxygen atoms in total. The van der Waals surface area contributed by atoms with Gasteiger partial charge in [0, 0.05) is 13.2 Å². The lowest BCUT2D eigenvalue weighted by Crippen LogP contribution is -2.46. The third-order valence-electron chi connectivity index (χ3n) is 2.76. The van der Waals surface area contributed by atoms with Crippen LogP contribution in [0.4, 0.5) is 0 Å². The van der Waals surface area contributed by atoms with Gasteiger partial charge >= 0.3 is 0 Å². The standard InChI is InChI=1S/C14H32O2Si2/c1-9-18(8,16-11-14(4)5)12-17(6,7)15-10-13(2)3/h9,13-14H,1,10-12H2,2-8H3. The monoisotopic (exact) mass is 288 g/mol. The van der Waals surface area contributed by atoms with Gasteiger partial charge in [-0.1, -0.05) is 33.4 Å². The highest BCUT2D eigenvalue weighted by atomic mass is 28.4. The number of hydrogen-bond acceptors (Lipinski definition) is 2. The van der Waals surface area contributed by atoms with Crippen LogP contribution in [0.1, 0.15) is 27.7 Å². The molecule has 0 N–H and O–H groups in total. The zero-order valence-electron chi connectivity index (χ0n) is 13.4. The van der Waals surface area contributed by atoms with Gasteiger partial charge in [-0.3, -0.25) is 0 Å². The van der Waals surface area contributed by atoms with E-state index in [0.29, 0.717) is 11.8 Å². The first-order valence-corrected chi connectivity index (χ1v) is 12.8. The molecule has 4 heteroatoms. The maximum absolute atomic E-state index is 6.16. The molecule has 0 aromatic carbocycles. The average Bonchev–Trinajstić information content (AvgIpc) is 2.23. The minimum absolute atomic E-state index is 0.582.